The highest BCUT2D eigenvalue weighted by atomic mass is 19.1. The van der Waals surface area contributed by atoms with Gasteiger partial charge in [-0.25, -0.2) is 9.07 Å². The van der Waals surface area contributed by atoms with E-state index in [4.69, 9.17) is 0 Å². The van der Waals surface area contributed by atoms with Gasteiger partial charge in [0.15, 0.2) is 5.69 Å². The highest BCUT2D eigenvalue weighted by Gasteiger charge is 2.22. The number of hydrogen-bond acceptors (Lipinski definition) is 4. The molecular formula is C23H20FN5O. The van der Waals surface area contributed by atoms with E-state index in [1.54, 1.807) is 30.6 Å². The van der Waals surface area contributed by atoms with Crippen molar-refractivity contribution in [2.45, 2.75) is 19.9 Å². The maximum Gasteiger partial charge on any atom is 0.274 e. The summed E-state index contributed by atoms with van der Waals surface area (Å²) in [4.78, 5) is 17.1. The molecule has 0 radical (unpaired) electrons. The molecule has 0 aliphatic heterocycles. The summed E-state index contributed by atoms with van der Waals surface area (Å²) in [7, 11) is 0. The Kier molecular flexibility index (Phi) is 5.61. The van der Waals surface area contributed by atoms with Crippen molar-refractivity contribution < 1.29 is 9.18 Å². The summed E-state index contributed by atoms with van der Waals surface area (Å²) in [5.41, 5.74) is 4.19. The quantitative estimate of drug-likeness (QED) is 0.531. The van der Waals surface area contributed by atoms with Gasteiger partial charge in [-0.15, -0.1) is 5.10 Å². The van der Waals surface area contributed by atoms with Gasteiger partial charge < -0.3 is 5.32 Å². The van der Waals surface area contributed by atoms with Crippen molar-refractivity contribution in [1.29, 1.82) is 0 Å². The Balaban J connectivity index is 1.65. The number of rotatable bonds is 6. The van der Waals surface area contributed by atoms with E-state index in [9.17, 15) is 9.18 Å². The molecule has 0 saturated carbocycles. The minimum atomic E-state index is -0.353. The van der Waals surface area contributed by atoms with Gasteiger partial charge in [0.05, 0.1) is 5.69 Å². The van der Waals surface area contributed by atoms with Crippen molar-refractivity contribution in [2.24, 2.45) is 0 Å². The third kappa shape index (κ3) is 4.10. The number of nitrogens with zero attached hydrogens (tertiary/aromatic N) is 4. The molecule has 150 valence electrons. The molecule has 1 N–H and O–H groups in total. The molecular weight excluding hydrogens is 381 g/mol. The molecule has 0 fully saturated rings. The summed E-state index contributed by atoms with van der Waals surface area (Å²) < 4.78 is 14.9. The number of benzene rings is 2. The first-order valence-electron chi connectivity index (χ1n) is 9.63. The van der Waals surface area contributed by atoms with E-state index in [1.165, 1.54) is 22.4 Å². The first kappa shape index (κ1) is 19.4. The second-order valence-electron chi connectivity index (χ2n) is 6.77. The van der Waals surface area contributed by atoms with Gasteiger partial charge in [0.2, 0.25) is 0 Å². The number of aryl methyl sites for hydroxylation is 1. The Bertz CT molecular complexity index is 1140. The Labute approximate surface area is 173 Å². The summed E-state index contributed by atoms with van der Waals surface area (Å²) in [6.45, 7) is 2.47. The Hall–Kier alpha value is -3.87. The van der Waals surface area contributed by atoms with Crippen LogP contribution in [-0.2, 0) is 13.0 Å². The van der Waals surface area contributed by atoms with Gasteiger partial charge in [-0.2, -0.15) is 0 Å². The standard InChI is InChI=1S/C23H20FN5O/c1-2-16-5-7-17(8-6-16)14-26-23(30)21-22(18-4-3-13-25-15-18)29(28-27-21)20-11-9-19(24)10-12-20/h3-13,15H,2,14H2,1H3,(H,26,30). The van der Waals surface area contributed by atoms with Crippen LogP contribution in [0.4, 0.5) is 4.39 Å². The fraction of sp³-hybridized carbons (Fsp3) is 0.130. The molecule has 2 aromatic heterocycles. The average molecular weight is 401 g/mol. The molecule has 7 heteroatoms. The predicted molar refractivity (Wildman–Crippen MR) is 112 cm³/mol. The van der Waals surface area contributed by atoms with Gasteiger partial charge in [-0.1, -0.05) is 36.4 Å². The van der Waals surface area contributed by atoms with Crippen LogP contribution in [0.1, 0.15) is 28.5 Å². The molecule has 0 saturated heterocycles. The molecule has 2 aromatic carbocycles. The molecule has 0 unspecified atom stereocenters. The van der Waals surface area contributed by atoms with Gasteiger partial charge in [0.25, 0.3) is 5.91 Å². The number of carbonyl (C=O) groups is 1. The van der Waals surface area contributed by atoms with Crippen LogP contribution in [0.2, 0.25) is 0 Å². The molecule has 0 atom stereocenters. The van der Waals surface area contributed by atoms with Crippen LogP contribution in [0.3, 0.4) is 0 Å². The Morgan fingerprint density at radius 1 is 1.03 bits per heavy atom. The van der Waals surface area contributed by atoms with Crippen molar-refractivity contribution in [3.05, 3.63) is 95.7 Å². The fourth-order valence-electron chi connectivity index (χ4n) is 3.12. The number of amides is 1. The lowest BCUT2D eigenvalue weighted by Crippen LogP contribution is -2.24. The first-order valence-corrected chi connectivity index (χ1v) is 9.63. The van der Waals surface area contributed by atoms with Crippen LogP contribution in [0.5, 0.6) is 0 Å². The second-order valence-corrected chi connectivity index (χ2v) is 6.77. The number of hydrogen-bond donors (Lipinski definition) is 1. The molecule has 4 rings (SSSR count). The smallest absolute Gasteiger partial charge is 0.274 e. The number of carbonyl (C=O) groups excluding carboxylic acids is 1. The number of pyridine rings is 1. The predicted octanol–water partition coefficient (Wildman–Crippen LogP) is 3.96. The molecule has 0 aliphatic rings. The molecule has 4 aromatic rings. The van der Waals surface area contributed by atoms with Gasteiger partial charge in [0.1, 0.15) is 11.5 Å². The van der Waals surface area contributed by atoms with E-state index in [0.29, 0.717) is 23.5 Å². The normalized spacial score (nSPS) is 10.7. The summed E-state index contributed by atoms with van der Waals surface area (Å²) in [5, 5.41) is 11.2. The summed E-state index contributed by atoms with van der Waals surface area (Å²) >= 11 is 0. The Morgan fingerprint density at radius 3 is 2.43 bits per heavy atom. The highest BCUT2D eigenvalue weighted by Crippen LogP contribution is 2.25. The molecule has 0 aliphatic carbocycles. The monoisotopic (exact) mass is 401 g/mol. The van der Waals surface area contributed by atoms with Crippen LogP contribution in [0, 0.1) is 5.82 Å². The number of nitrogens with one attached hydrogen (secondary N) is 1. The lowest BCUT2D eigenvalue weighted by molar-refractivity contribution is 0.0946. The van der Waals surface area contributed by atoms with Crippen LogP contribution in [0.25, 0.3) is 16.9 Å². The van der Waals surface area contributed by atoms with E-state index < -0.39 is 0 Å². The summed E-state index contributed by atoms with van der Waals surface area (Å²) in [6.07, 6.45) is 4.25. The third-order valence-electron chi connectivity index (χ3n) is 4.78. The lowest BCUT2D eigenvalue weighted by atomic mass is 10.1. The van der Waals surface area contributed by atoms with Crippen molar-refractivity contribution in [1.82, 2.24) is 25.3 Å². The summed E-state index contributed by atoms with van der Waals surface area (Å²) in [5.74, 6) is -0.698. The van der Waals surface area contributed by atoms with Crippen LogP contribution in [0.15, 0.2) is 73.1 Å². The van der Waals surface area contributed by atoms with Crippen LogP contribution in [-0.4, -0.2) is 25.9 Å². The number of halogens is 1. The molecule has 0 bridgehead atoms. The van der Waals surface area contributed by atoms with E-state index in [0.717, 1.165) is 12.0 Å². The SMILES string of the molecule is CCc1ccc(CNC(=O)c2nnn(-c3ccc(F)cc3)c2-c2cccnc2)cc1. The van der Waals surface area contributed by atoms with Crippen molar-refractivity contribution in [3.63, 3.8) is 0 Å². The highest BCUT2D eigenvalue weighted by molar-refractivity contribution is 5.98. The van der Waals surface area contributed by atoms with Crippen molar-refractivity contribution in [2.75, 3.05) is 0 Å². The number of aromatic nitrogens is 4. The Morgan fingerprint density at radius 2 is 1.77 bits per heavy atom. The van der Waals surface area contributed by atoms with E-state index in [1.807, 2.05) is 30.3 Å². The fourth-order valence-corrected chi connectivity index (χ4v) is 3.12. The molecule has 1 amide bonds. The topological polar surface area (TPSA) is 72.7 Å². The zero-order chi connectivity index (χ0) is 20.9. The van der Waals surface area contributed by atoms with Crippen molar-refractivity contribution >= 4 is 5.91 Å². The van der Waals surface area contributed by atoms with Gasteiger partial charge in [-0.05, 0) is 53.9 Å². The van der Waals surface area contributed by atoms with Crippen LogP contribution < -0.4 is 5.32 Å². The summed E-state index contributed by atoms with van der Waals surface area (Å²) in [6, 6.07) is 17.5. The van der Waals surface area contributed by atoms with Crippen LogP contribution >= 0.6 is 0 Å². The minimum Gasteiger partial charge on any atom is -0.346 e. The zero-order valence-corrected chi connectivity index (χ0v) is 16.4. The molecule has 6 nitrogen and oxygen atoms in total. The molecule has 30 heavy (non-hydrogen) atoms. The maximum absolute atomic E-state index is 13.3. The molecule has 2 heterocycles. The average Bonchev–Trinajstić information content (AvgIpc) is 3.24. The molecule has 0 spiro atoms. The van der Waals surface area contributed by atoms with Gasteiger partial charge in [0, 0.05) is 24.5 Å². The first-order chi connectivity index (χ1) is 14.7. The maximum atomic E-state index is 13.3. The minimum absolute atomic E-state index is 0.178. The second kappa shape index (κ2) is 8.65. The van der Waals surface area contributed by atoms with Crippen molar-refractivity contribution in [3.8, 4) is 16.9 Å². The van der Waals surface area contributed by atoms with E-state index >= 15 is 0 Å². The zero-order valence-electron chi connectivity index (χ0n) is 16.4. The van der Waals surface area contributed by atoms with Gasteiger partial charge >= 0.3 is 0 Å². The van der Waals surface area contributed by atoms with E-state index in [2.05, 4.69) is 27.5 Å². The largest absolute Gasteiger partial charge is 0.346 e. The third-order valence-corrected chi connectivity index (χ3v) is 4.78. The van der Waals surface area contributed by atoms with Gasteiger partial charge in [-0.3, -0.25) is 9.78 Å². The lowest BCUT2D eigenvalue weighted by Gasteiger charge is -2.09. The van der Waals surface area contributed by atoms with E-state index in [-0.39, 0.29) is 17.4 Å².